The highest BCUT2D eigenvalue weighted by Crippen LogP contribution is 2.22. The lowest BCUT2D eigenvalue weighted by atomic mass is 10.1. The van der Waals surface area contributed by atoms with Gasteiger partial charge in [-0.25, -0.2) is 0 Å². The van der Waals surface area contributed by atoms with E-state index < -0.39 is 6.10 Å². The molecule has 0 saturated heterocycles. The van der Waals surface area contributed by atoms with Crippen LogP contribution in [0.15, 0.2) is 36.4 Å². The summed E-state index contributed by atoms with van der Waals surface area (Å²) in [6.45, 7) is 0.311. The van der Waals surface area contributed by atoms with E-state index in [1.54, 1.807) is 6.07 Å². The van der Waals surface area contributed by atoms with E-state index in [4.69, 9.17) is 23.2 Å². The van der Waals surface area contributed by atoms with Crippen molar-refractivity contribution in [3.05, 3.63) is 52.3 Å². The SMILES string of the molecule is OC(CNc1cc(Cl)nnc1Cl)c1ccccc1. The first-order valence-corrected chi connectivity index (χ1v) is 6.08. The van der Waals surface area contributed by atoms with Crippen LogP contribution in [0.5, 0.6) is 0 Å². The highest BCUT2D eigenvalue weighted by molar-refractivity contribution is 6.33. The summed E-state index contributed by atoms with van der Waals surface area (Å²) in [5.41, 5.74) is 1.38. The molecule has 2 rings (SSSR count). The molecule has 2 N–H and O–H groups in total. The summed E-state index contributed by atoms with van der Waals surface area (Å²) in [7, 11) is 0. The number of benzene rings is 1. The molecule has 1 unspecified atom stereocenters. The number of nitrogens with one attached hydrogen (secondary N) is 1. The maximum Gasteiger partial charge on any atom is 0.174 e. The van der Waals surface area contributed by atoms with Gasteiger partial charge in [-0.1, -0.05) is 53.5 Å². The van der Waals surface area contributed by atoms with E-state index in [1.165, 1.54) is 0 Å². The van der Waals surface area contributed by atoms with Crippen molar-refractivity contribution in [2.75, 3.05) is 11.9 Å². The number of aliphatic hydroxyl groups excluding tert-OH is 1. The van der Waals surface area contributed by atoms with Gasteiger partial charge in [0.15, 0.2) is 10.3 Å². The van der Waals surface area contributed by atoms with Crippen molar-refractivity contribution in [3.8, 4) is 0 Å². The number of anilines is 1. The van der Waals surface area contributed by atoms with Crippen LogP contribution >= 0.6 is 23.2 Å². The molecule has 0 radical (unpaired) electrons. The summed E-state index contributed by atoms with van der Waals surface area (Å²) in [4.78, 5) is 0. The monoisotopic (exact) mass is 283 g/mol. The van der Waals surface area contributed by atoms with Crippen LogP contribution in [-0.2, 0) is 0 Å². The summed E-state index contributed by atoms with van der Waals surface area (Å²) in [6, 6.07) is 10.9. The standard InChI is InChI=1S/C12H11Cl2N3O/c13-11-6-9(12(14)17-16-11)15-7-10(18)8-4-2-1-3-5-8/h1-6,10,18H,7H2,(H,15,16). The van der Waals surface area contributed by atoms with Gasteiger partial charge in [0.25, 0.3) is 0 Å². The van der Waals surface area contributed by atoms with Crippen LogP contribution in [0.2, 0.25) is 10.3 Å². The summed E-state index contributed by atoms with van der Waals surface area (Å²) in [6.07, 6.45) is -0.630. The molecule has 0 aliphatic heterocycles. The molecule has 2 aromatic rings. The first kappa shape index (κ1) is 13.1. The smallest absolute Gasteiger partial charge is 0.174 e. The molecule has 1 heterocycles. The number of hydrogen-bond donors (Lipinski definition) is 2. The molecule has 0 spiro atoms. The third-order valence-electron chi connectivity index (χ3n) is 2.39. The van der Waals surface area contributed by atoms with Gasteiger partial charge in [0.2, 0.25) is 0 Å². The zero-order chi connectivity index (χ0) is 13.0. The van der Waals surface area contributed by atoms with Crippen molar-refractivity contribution in [2.45, 2.75) is 6.10 Å². The molecule has 0 bridgehead atoms. The third kappa shape index (κ3) is 3.32. The Labute approximate surface area is 115 Å². The summed E-state index contributed by atoms with van der Waals surface area (Å²) in [5, 5.41) is 20.7. The van der Waals surface area contributed by atoms with Gasteiger partial charge in [-0.3, -0.25) is 0 Å². The fraction of sp³-hybridized carbons (Fsp3) is 0.167. The predicted octanol–water partition coefficient (Wildman–Crippen LogP) is 2.93. The average molecular weight is 284 g/mol. The van der Waals surface area contributed by atoms with Gasteiger partial charge < -0.3 is 10.4 Å². The van der Waals surface area contributed by atoms with E-state index in [0.717, 1.165) is 5.56 Å². The van der Waals surface area contributed by atoms with Gasteiger partial charge in [0.05, 0.1) is 11.8 Å². The Morgan fingerprint density at radius 1 is 1.17 bits per heavy atom. The molecular weight excluding hydrogens is 273 g/mol. The van der Waals surface area contributed by atoms with Gasteiger partial charge in [0, 0.05) is 12.6 Å². The van der Waals surface area contributed by atoms with Crippen LogP contribution in [0.3, 0.4) is 0 Å². The van der Waals surface area contributed by atoms with Gasteiger partial charge in [0.1, 0.15) is 0 Å². The van der Waals surface area contributed by atoms with Crippen LogP contribution in [-0.4, -0.2) is 21.8 Å². The van der Waals surface area contributed by atoms with Crippen LogP contribution < -0.4 is 5.32 Å². The minimum atomic E-state index is -0.630. The normalized spacial score (nSPS) is 12.2. The number of nitrogens with zero attached hydrogens (tertiary/aromatic N) is 2. The van der Waals surface area contributed by atoms with Crippen molar-refractivity contribution in [1.29, 1.82) is 0 Å². The van der Waals surface area contributed by atoms with Gasteiger partial charge >= 0.3 is 0 Å². The number of halogens is 2. The van der Waals surface area contributed by atoms with E-state index >= 15 is 0 Å². The highest BCUT2D eigenvalue weighted by atomic mass is 35.5. The molecule has 0 amide bonds. The second-order valence-corrected chi connectivity index (χ2v) is 4.42. The fourth-order valence-electron chi connectivity index (χ4n) is 1.48. The summed E-state index contributed by atoms with van der Waals surface area (Å²) >= 11 is 11.6. The Bertz CT molecular complexity index is 522. The van der Waals surface area contributed by atoms with E-state index in [9.17, 15) is 5.11 Å². The minimum Gasteiger partial charge on any atom is -0.387 e. The lowest BCUT2D eigenvalue weighted by molar-refractivity contribution is 0.191. The lowest BCUT2D eigenvalue weighted by Crippen LogP contribution is -2.12. The quantitative estimate of drug-likeness (QED) is 0.906. The molecule has 94 valence electrons. The number of rotatable bonds is 4. The van der Waals surface area contributed by atoms with E-state index in [0.29, 0.717) is 12.2 Å². The molecule has 0 aliphatic rings. The molecule has 4 nitrogen and oxygen atoms in total. The fourth-order valence-corrected chi connectivity index (χ4v) is 1.78. The van der Waals surface area contributed by atoms with Crippen molar-refractivity contribution in [1.82, 2.24) is 10.2 Å². The van der Waals surface area contributed by atoms with Gasteiger partial charge in [-0.2, -0.15) is 0 Å². The number of aromatic nitrogens is 2. The number of hydrogen-bond acceptors (Lipinski definition) is 4. The predicted molar refractivity (Wildman–Crippen MR) is 71.9 cm³/mol. The third-order valence-corrected chi connectivity index (χ3v) is 2.85. The molecule has 0 saturated carbocycles. The molecule has 6 heteroatoms. The van der Waals surface area contributed by atoms with Crippen LogP contribution in [0.4, 0.5) is 5.69 Å². The van der Waals surface area contributed by atoms with Crippen LogP contribution in [0.25, 0.3) is 0 Å². The zero-order valence-corrected chi connectivity index (χ0v) is 10.9. The second-order valence-electron chi connectivity index (χ2n) is 3.68. The lowest BCUT2D eigenvalue weighted by Gasteiger charge is -2.13. The molecule has 18 heavy (non-hydrogen) atoms. The van der Waals surface area contributed by atoms with Crippen LogP contribution in [0, 0.1) is 0 Å². The largest absolute Gasteiger partial charge is 0.387 e. The van der Waals surface area contributed by atoms with E-state index in [2.05, 4.69) is 15.5 Å². The molecule has 0 aliphatic carbocycles. The van der Waals surface area contributed by atoms with Crippen molar-refractivity contribution < 1.29 is 5.11 Å². The Morgan fingerprint density at radius 2 is 1.89 bits per heavy atom. The van der Waals surface area contributed by atoms with Crippen molar-refractivity contribution in [3.63, 3.8) is 0 Å². The van der Waals surface area contributed by atoms with E-state index in [-0.39, 0.29) is 10.3 Å². The Kier molecular flexibility index (Phi) is 4.36. The van der Waals surface area contributed by atoms with Crippen molar-refractivity contribution >= 4 is 28.9 Å². The highest BCUT2D eigenvalue weighted by Gasteiger charge is 2.09. The molecule has 1 aromatic heterocycles. The topological polar surface area (TPSA) is 58.0 Å². The molecule has 1 aromatic carbocycles. The number of aliphatic hydroxyl groups is 1. The average Bonchev–Trinajstić information content (AvgIpc) is 2.40. The first-order chi connectivity index (χ1) is 8.66. The maximum absolute atomic E-state index is 9.97. The zero-order valence-electron chi connectivity index (χ0n) is 9.35. The maximum atomic E-state index is 9.97. The van der Waals surface area contributed by atoms with Gasteiger partial charge in [-0.15, -0.1) is 10.2 Å². The Hall–Kier alpha value is -1.36. The van der Waals surface area contributed by atoms with Gasteiger partial charge in [-0.05, 0) is 5.56 Å². The first-order valence-electron chi connectivity index (χ1n) is 5.32. The second kappa shape index (κ2) is 6.00. The van der Waals surface area contributed by atoms with Crippen LogP contribution in [0.1, 0.15) is 11.7 Å². The molecular formula is C12H11Cl2N3O. The summed E-state index contributed by atoms with van der Waals surface area (Å²) < 4.78 is 0. The van der Waals surface area contributed by atoms with E-state index in [1.807, 2.05) is 30.3 Å². The molecule has 1 atom stereocenters. The minimum absolute atomic E-state index is 0.222. The summed E-state index contributed by atoms with van der Waals surface area (Å²) in [5.74, 6) is 0. The molecule has 0 fully saturated rings. The Morgan fingerprint density at radius 3 is 2.61 bits per heavy atom. The van der Waals surface area contributed by atoms with Crippen molar-refractivity contribution in [2.24, 2.45) is 0 Å². The Balaban J connectivity index is 2.01.